The number of ether oxygens (including phenoxy) is 1. The Hall–Kier alpha value is -1.73. The van der Waals surface area contributed by atoms with E-state index in [4.69, 9.17) is 0 Å². The lowest BCUT2D eigenvalue weighted by Gasteiger charge is -2.16. The Labute approximate surface area is 117 Å². The number of nitrogens with zero attached hydrogens (tertiary/aromatic N) is 1. The van der Waals surface area contributed by atoms with Crippen molar-refractivity contribution in [3.05, 3.63) is 33.8 Å². The van der Waals surface area contributed by atoms with E-state index in [1.165, 1.54) is 12.1 Å². The van der Waals surface area contributed by atoms with E-state index >= 15 is 0 Å². The number of benzene rings is 1. The fourth-order valence-electron chi connectivity index (χ4n) is 1.81. The highest BCUT2D eigenvalue weighted by molar-refractivity contribution is 9.10. The average Bonchev–Trinajstić information content (AvgIpc) is 2.62. The molecule has 1 N–H and O–H groups in total. The highest BCUT2D eigenvalue weighted by Crippen LogP contribution is 2.26. The van der Waals surface area contributed by atoms with Gasteiger partial charge in [-0.1, -0.05) is 15.9 Å². The number of β-amino-alcohol motifs (C(OH)–C–C–N with tert-alkyl or cyclic N) is 1. The lowest BCUT2D eigenvalue weighted by Crippen LogP contribution is -2.40. The van der Waals surface area contributed by atoms with Crippen molar-refractivity contribution in [3.63, 3.8) is 0 Å². The SMILES string of the molecule is COC(=O)C(O)CN1C(=O)c2ccc(Br)cc2C1=O. The number of fused-ring (bicyclic) bond motifs is 1. The summed E-state index contributed by atoms with van der Waals surface area (Å²) in [4.78, 5) is 36.0. The molecule has 1 aromatic carbocycles. The first-order valence-corrected chi connectivity index (χ1v) is 6.16. The molecule has 1 atom stereocenters. The monoisotopic (exact) mass is 327 g/mol. The van der Waals surface area contributed by atoms with Crippen LogP contribution in [0.5, 0.6) is 0 Å². The number of rotatable bonds is 3. The first kappa shape index (κ1) is 13.7. The van der Waals surface area contributed by atoms with Crippen molar-refractivity contribution in [2.45, 2.75) is 6.10 Å². The third-order valence-electron chi connectivity index (χ3n) is 2.76. The van der Waals surface area contributed by atoms with Gasteiger partial charge in [-0.05, 0) is 18.2 Å². The van der Waals surface area contributed by atoms with Crippen LogP contribution >= 0.6 is 15.9 Å². The van der Waals surface area contributed by atoms with Crippen LogP contribution in [0.15, 0.2) is 22.7 Å². The summed E-state index contributed by atoms with van der Waals surface area (Å²) >= 11 is 3.21. The zero-order chi connectivity index (χ0) is 14.2. The third-order valence-corrected chi connectivity index (χ3v) is 3.25. The van der Waals surface area contributed by atoms with Crippen LogP contribution in [0.4, 0.5) is 0 Å². The number of hydrogen-bond donors (Lipinski definition) is 1. The summed E-state index contributed by atoms with van der Waals surface area (Å²) in [5.41, 5.74) is 0.502. The zero-order valence-electron chi connectivity index (χ0n) is 9.92. The van der Waals surface area contributed by atoms with Crippen LogP contribution in [0.25, 0.3) is 0 Å². The second kappa shape index (κ2) is 5.10. The summed E-state index contributed by atoms with van der Waals surface area (Å²) in [5.74, 6) is -1.96. The quantitative estimate of drug-likeness (QED) is 0.648. The molecular formula is C12H10BrNO5. The Kier molecular flexibility index (Phi) is 3.68. The second-order valence-electron chi connectivity index (χ2n) is 3.95. The largest absolute Gasteiger partial charge is 0.467 e. The van der Waals surface area contributed by atoms with E-state index in [0.717, 1.165) is 12.0 Å². The van der Waals surface area contributed by atoms with Gasteiger partial charge in [0, 0.05) is 4.47 Å². The summed E-state index contributed by atoms with van der Waals surface area (Å²) in [7, 11) is 1.12. The van der Waals surface area contributed by atoms with E-state index in [1.54, 1.807) is 6.07 Å². The fourth-order valence-corrected chi connectivity index (χ4v) is 2.17. The predicted octanol–water partition coefficient (Wildman–Crippen LogP) is 0.579. The van der Waals surface area contributed by atoms with Crippen LogP contribution in [0.3, 0.4) is 0 Å². The van der Waals surface area contributed by atoms with Crippen molar-refractivity contribution in [1.82, 2.24) is 4.90 Å². The molecule has 0 aliphatic carbocycles. The first-order chi connectivity index (χ1) is 8.95. The van der Waals surface area contributed by atoms with E-state index in [1.807, 2.05) is 0 Å². The standard InChI is InChI=1S/C12H10BrNO5/c1-19-12(18)9(15)5-14-10(16)7-3-2-6(13)4-8(7)11(14)17/h2-4,9,15H,5H2,1H3. The minimum absolute atomic E-state index is 0.247. The van der Waals surface area contributed by atoms with E-state index < -0.39 is 30.4 Å². The number of imide groups is 1. The van der Waals surface area contributed by atoms with E-state index in [0.29, 0.717) is 4.47 Å². The Balaban J connectivity index is 2.25. The lowest BCUT2D eigenvalue weighted by atomic mass is 10.1. The topological polar surface area (TPSA) is 83.9 Å². The molecule has 1 heterocycles. The molecule has 0 aromatic heterocycles. The number of carbonyl (C=O) groups is 3. The number of amides is 2. The number of carbonyl (C=O) groups excluding carboxylic acids is 3. The molecule has 7 heteroatoms. The predicted molar refractivity (Wildman–Crippen MR) is 67.5 cm³/mol. The van der Waals surface area contributed by atoms with Crippen LogP contribution in [-0.2, 0) is 9.53 Å². The van der Waals surface area contributed by atoms with Gasteiger partial charge >= 0.3 is 5.97 Å². The smallest absolute Gasteiger partial charge is 0.336 e. The molecule has 100 valence electrons. The minimum Gasteiger partial charge on any atom is -0.467 e. The molecule has 0 radical (unpaired) electrons. The van der Waals surface area contributed by atoms with E-state index in [2.05, 4.69) is 20.7 Å². The number of esters is 1. The van der Waals surface area contributed by atoms with E-state index in [9.17, 15) is 19.5 Å². The number of aliphatic hydroxyl groups excluding tert-OH is 1. The van der Waals surface area contributed by atoms with Crippen LogP contribution in [0, 0.1) is 0 Å². The van der Waals surface area contributed by atoms with Gasteiger partial charge in [0.1, 0.15) is 0 Å². The molecule has 0 fully saturated rings. The lowest BCUT2D eigenvalue weighted by molar-refractivity contribution is -0.150. The first-order valence-electron chi connectivity index (χ1n) is 5.37. The van der Waals surface area contributed by atoms with Crippen molar-refractivity contribution < 1.29 is 24.2 Å². The maximum absolute atomic E-state index is 12.0. The van der Waals surface area contributed by atoms with Crippen molar-refractivity contribution in [3.8, 4) is 0 Å². The van der Waals surface area contributed by atoms with Crippen molar-refractivity contribution >= 4 is 33.7 Å². The molecule has 2 amide bonds. The van der Waals surface area contributed by atoms with Gasteiger partial charge in [0.2, 0.25) is 0 Å². The molecule has 0 bridgehead atoms. The van der Waals surface area contributed by atoms with Gasteiger partial charge in [-0.2, -0.15) is 0 Å². The molecular weight excluding hydrogens is 318 g/mol. The molecule has 1 aliphatic rings. The molecule has 19 heavy (non-hydrogen) atoms. The van der Waals surface area contributed by atoms with Crippen LogP contribution in [0.2, 0.25) is 0 Å². The molecule has 1 unspecified atom stereocenters. The molecule has 0 saturated heterocycles. The number of methoxy groups -OCH3 is 1. The van der Waals surface area contributed by atoms with Gasteiger partial charge in [0.25, 0.3) is 11.8 Å². The Morgan fingerprint density at radius 2 is 2.00 bits per heavy atom. The Morgan fingerprint density at radius 3 is 2.63 bits per heavy atom. The number of aliphatic hydroxyl groups is 1. The second-order valence-corrected chi connectivity index (χ2v) is 4.87. The highest BCUT2D eigenvalue weighted by atomic mass is 79.9. The summed E-state index contributed by atoms with van der Waals surface area (Å²) in [6.07, 6.45) is -1.55. The molecule has 0 saturated carbocycles. The molecule has 1 aliphatic heterocycles. The van der Waals surface area contributed by atoms with Gasteiger partial charge in [-0.3, -0.25) is 14.5 Å². The molecule has 6 nitrogen and oxygen atoms in total. The van der Waals surface area contributed by atoms with Crippen LogP contribution in [-0.4, -0.2) is 47.5 Å². The maximum Gasteiger partial charge on any atom is 0.336 e. The van der Waals surface area contributed by atoms with Crippen molar-refractivity contribution in [1.29, 1.82) is 0 Å². The van der Waals surface area contributed by atoms with Gasteiger partial charge < -0.3 is 9.84 Å². The Bertz CT molecular complexity index is 571. The van der Waals surface area contributed by atoms with Gasteiger partial charge in [0.15, 0.2) is 6.10 Å². The van der Waals surface area contributed by atoms with Gasteiger partial charge in [0.05, 0.1) is 24.8 Å². The summed E-state index contributed by atoms with van der Waals surface area (Å²) < 4.78 is 5.01. The molecule has 0 spiro atoms. The normalized spacial score (nSPS) is 15.4. The molecule has 1 aromatic rings. The third kappa shape index (κ3) is 2.39. The highest BCUT2D eigenvalue weighted by Gasteiger charge is 2.37. The van der Waals surface area contributed by atoms with E-state index in [-0.39, 0.29) is 11.1 Å². The fraction of sp³-hybridized carbons (Fsp3) is 0.250. The van der Waals surface area contributed by atoms with Gasteiger partial charge in [-0.15, -0.1) is 0 Å². The minimum atomic E-state index is -1.55. The van der Waals surface area contributed by atoms with Crippen LogP contribution in [0.1, 0.15) is 20.7 Å². The van der Waals surface area contributed by atoms with Crippen LogP contribution < -0.4 is 0 Å². The summed E-state index contributed by atoms with van der Waals surface area (Å²) in [6, 6.07) is 4.69. The summed E-state index contributed by atoms with van der Waals surface area (Å²) in [5, 5.41) is 9.52. The zero-order valence-corrected chi connectivity index (χ0v) is 11.5. The Morgan fingerprint density at radius 1 is 1.37 bits per heavy atom. The van der Waals surface area contributed by atoms with Crippen molar-refractivity contribution in [2.75, 3.05) is 13.7 Å². The average molecular weight is 328 g/mol. The van der Waals surface area contributed by atoms with Crippen molar-refractivity contribution in [2.24, 2.45) is 0 Å². The maximum atomic E-state index is 12.0. The number of hydrogen-bond acceptors (Lipinski definition) is 5. The number of halogens is 1. The van der Waals surface area contributed by atoms with Gasteiger partial charge in [-0.25, -0.2) is 4.79 Å². The summed E-state index contributed by atoms with van der Waals surface area (Å²) in [6.45, 7) is -0.420. The molecule has 2 rings (SSSR count).